The van der Waals surface area contributed by atoms with Crippen molar-refractivity contribution >= 4 is 21.6 Å². The van der Waals surface area contributed by atoms with Gasteiger partial charge in [0.2, 0.25) is 10.0 Å². The van der Waals surface area contributed by atoms with Crippen LogP contribution in [0.25, 0.3) is 0 Å². The Kier molecular flexibility index (Phi) is 6.70. The molecule has 1 aromatic carbocycles. The molecule has 0 atom stereocenters. The van der Waals surface area contributed by atoms with Crippen LogP contribution in [-0.4, -0.2) is 25.3 Å². The lowest BCUT2D eigenvalue weighted by Crippen LogP contribution is -2.39. The Balaban J connectivity index is 3.39. The van der Waals surface area contributed by atoms with Gasteiger partial charge in [0.1, 0.15) is 0 Å². The first-order valence-electron chi connectivity index (χ1n) is 7.43. The van der Waals surface area contributed by atoms with E-state index < -0.39 is 10.0 Å². The maximum absolute atomic E-state index is 13.0. The molecule has 3 nitrogen and oxygen atoms in total. The molecule has 0 aliphatic heterocycles. The van der Waals surface area contributed by atoms with Crippen LogP contribution in [0.2, 0.25) is 0 Å². The van der Waals surface area contributed by atoms with Gasteiger partial charge in [-0.05, 0) is 43.4 Å². The van der Waals surface area contributed by atoms with Gasteiger partial charge in [-0.2, -0.15) is 4.31 Å². The molecule has 1 aromatic rings. The predicted molar refractivity (Wildman–Crippen MR) is 89.2 cm³/mol. The van der Waals surface area contributed by atoms with Crippen molar-refractivity contribution in [3.63, 3.8) is 0 Å². The van der Waals surface area contributed by atoms with Crippen LogP contribution in [0.1, 0.15) is 45.7 Å². The van der Waals surface area contributed by atoms with Gasteiger partial charge in [-0.25, -0.2) is 8.42 Å². The molecule has 1 rings (SSSR count). The molecule has 0 fully saturated rings. The van der Waals surface area contributed by atoms with Crippen LogP contribution in [0.3, 0.4) is 0 Å². The summed E-state index contributed by atoms with van der Waals surface area (Å²) in [7, 11) is -3.50. The van der Waals surface area contributed by atoms with Crippen LogP contribution in [0, 0.1) is 5.92 Å². The van der Waals surface area contributed by atoms with Crippen molar-refractivity contribution in [2.75, 3.05) is 6.54 Å². The van der Waals surface area contributed by atoms with Gasteiger partial charge in [0.15, 0.2) is 0 Å². The molecule has 0 unspecified atom stereocenters. The first-order valence-corrected chi connectivity index (χ1v) is 9.41. The molecule has 0 aliphatic carbocycles. The second-order valence-corrected chi connectivity index (χ2v) is 8.12. The molecule has 120 valence electrons. The molecule has 0 radical (unpaired) electrons. The van der Waals surface area contributed by atoms with E-state index >= 15 is 0 Å². The highest BCUT2D eigenvalue weighted by atomic mass is 35.5. The van der Waals surface area contributed by atoms with Gasteiger partial charge in [0, 0.05) is 18.5 Å². The van der Waals surface area contributed by atoms with Gasteiger partial charge in [-0.1, -0.05) is 32.9 Å². The number of benzene rings is 1. The topological polar surface area (TPSA) is 37.4 Å². The highest BCUT2D eigenvalue weighted by Crippen LogP contribution is 2.25. The lowest BCUT2D eigenvalue weighted by atomic mass is 10.1. The summed E-state index contributed by atoms with van der Waals surface area (Å²) in [6, 6.07) is 5.42. The van der Waals surface area contributed by atoms with Crippen LogP contribution in [0.5, 0.6) is 0 Å². The van der Waals surface area contributed by atoms with Crippen molar-refractivity contribution in [3.05, 3.63) is 29.3 Å². The van der Waals surface area contributed by atoms with E-state index in [2.05, 4.69) is 0 Å². The summed E-state index contributed by atoms with van der Waals surface area (Å²) in [4.78, 5) is 0.400. The van der Waals surface area contributed by atoms with E-state index in [0.717, 1.165) is 11.1 Å². The van der Waals surface area contributed by atoms with E-state index in [-0.39, 0.29) is 12.0 Å². The number of rotatable bonds is 7. The summed E-state index contributed by atoms with van der Waals surface area (Å²) in [6.07, 6.45) is 0.685. The fourth-order valence-electron chi connectivity index (χ4n) is 2.29. The summed E-state index contributed by atoms with van der Waals surface area (Å²) < 4.78 is 27.7. The quantitative estimate of drug-likeness (QED) is 0.707. The van der Waals surface area contributed by atoms with Crippen LogP contribution in [0.4, 0.5) is 0 Å². The molecule has 0 aliphatic rings. The standard InChI is InChI=1S/C16H26ClNO2S/c1-6-15-8-7-14(10-17)9-16(15)21(19,20)18(13(4)5)11-12(2)3/h7-9,12-13H,6,10-11H2,1-5H3. The number of hydrogen-bond donors (Lipinski definition) is 0. The van der Waals surface area contributed by atoms with Crippen molar-refractivity contribution < 1.29 is 8.42 Å². The Bertz CT molecular complexity index is 568. The third kappa shape index (κ3) is 4.44. The van der Waals surface area contributed by atoms with Gasteiger partial charge in [-0.3, -0.25) is 0 Å². The monoisotopic (exact) mass is 331 g/mol. The van der Waals surface area contributed by atoms with Crippen molar-refractivity contribution in [2.24, 2.45) is 5.92 Å². The first-order chi connectivity index (χ1) is 9.73. The first kappa shape index (κ1) is 18.5. The highest BCUT2D eigenvalue weighted by molar-refractivity contribution is 7.89. The molecule has 0 heterocycles. The van der Waals surface area contributed by atoms with Gasteiger partial charge in [-0.15, -0.1) is 11.6 Å². The average Bonchev–Trinajstić information content (AvgIpc) is 2.43. The molecule has 0 spiro atoms. The van der Waals surface area contributed by atoms with Crippen LogP contribution < -0.4 is 0 Å². The van der Waals surface area contributed by atoms with E-state index in [9.17, 15) is 8.42 Å². The molecule has 0 N–H and O–H groups in total. The third-order valence-electron chi connectivity index (χ3n) is 3.37. The number of hydrogen-bond acceptors (Lipinski definition) is 2. The predicted octanol–water partition coefficient (Wildman–Crippen LogP) is 4.04. The molecule has 0 aromatic heterocycles. The smallest absolute Gasteiger partial charge is 0.207 e. The fourth-order valence-corrected chi connectivity index (χ4v) is 4.60. The van der Waals surface area contributed by atoms with E-state index in [1.807, 2.05) is 46.8 Å². The minimum atomic E-state index is -3.50. The zero-order valence-corrected chi connectivity index (χ0v) is 15.1. The summed E-state index contributed by atoms with van der Waals surface area (Å²) in [5, 5.41) is 0. The van der Waals surface area contributed by atoms with Gasteiger partial charge >= 0.3 is 0 Å². The Labute approximate surface area is 134 Å². The van der Waals surface area contributed by atoms with E-state index in [0.29, 0.717) is 23.7 Å². The highest BCUT2D eigenvalue weighted by Gasteiger charge is 2.29. The average molecular weight is 332 g/mol. The van der Waals surface area contributed by atoms with Crippen molar-refractivity contribution in [2.45, 2.75) is 57.9 Å². The second kappa shape index (κ2) is 7.61. The van der Waals surface area contributed by atoms with E-state index in [4.69, 9.17) is 11.6 Å². The summed E-state index contributed by atoms with van der Waals surface area (Å²) in [5.41, 5.74) is 1.68. The number of halogens is 1. The fraction of sp³-hybridized carbons (Fsp3) is 0.625. The van der Waals surface area contributed by atoms with Crippen molar-refractivity contribution in [1.82, 2.24) is 4.31 Å². The maximum atomic E-state index is 13.0. The Hall–Kier alpha value is -0.580. The number of alkyl halides is 1. The number of nitrogens with zero attached hydrogens (tertiary/aromatic N) is 1. The molecular formula is C16H26ClNO2S. The van der Waals surface area contributed by atoms with Crippen LogP contribution >= 0.6 is 11.6 Å². The molecule has 0 saturated carbocycles. The number of sulfonamides is 1. The summed E-state index contributed by atoms with van der Waals surface area (Å²) in [6.45, 7) is 10.4. The van der Waals surface area contributed by atoms with Gasteiger partial charge in [0.25, 0.3) is 0 Å². The third-order valence-corrected chi connectivity index (χ3v) is 5.81. The Morgan fingerprint density at radius 3 is 2.24 bits per heavy atom. The molecule has 0 amide bonds. The minimum absolute atomic E-state index is 0.0678. The molecule has 5 heteroatoms. The lowest BCUT2D eigenvalue weighted by molar-refractivity contribution is 0.318. The maximum Gasteiger partial charge on any atom is 0.243 e. The number of aryl methyl sites for hydroxylation is 1. The largest absolute Gasteiger partial charge is 0.243 e. The van der Waals surface area contributed by atoms with Crippen molar-refractivity contribution in [3.8, 4) is 0 Å². The second-order valence-electron chi connectivity index (χ2n) is 5.99. The van der Waals surface area contributed by atoms with E-state index in [1.165, 1.54) is 0 Å². The van der Waals surface area contributed by atoms with Crippen LogP contribution in [-0.2, 0) is 22.3 Å². The summed E-state index contributed by atoms with van der Waals surface area (Å²) in [5.74, 6) is 0.599. The Morgan fingerprint density at radius 2 is 1.81 bits per heavy atom. The Morgan fingerprint density at radius 1 is 1.19 bits per heavy atom. The lowest BCUT2D eigenvalue weighted by Gasteiger charge is -2.28. The van der Waals surface area contributed by atoms with Crippen molar-refractivity contribution in [1.29, 1.82) is 0 Å². The van der Waals surface area contributed by atoms with Crippen LogP contribution in [0.15, 0.2) is 23.1 Å². The van der Waals surface area contributed by atoms with Gasteiger partial charge in [0.05, 0.1) is 4.90 Å². The zero-order valence-electron chi connectivity index (χ0n) is 13.6. The van der Waals surface area contributed by atoms with E-state index in [1.54, 1.807) is 10.4 Å². The molecule has 21 heavy (non-hydrogen) atoms. The molecule has 0 saturated heterocycles. The van der Waals surface area contributed by atoms with Gasteiger partial charge < -0.3 is 0 Å². The summed E-state index contributed by atoms with van der Waals surface area (Å²) >= 11 is 5.86. The SMILES string of the molecule is CCc1ccc(CCl)cc1S(=O)(=O)N(CC(C)C)C(C)C. The molecule has 0 bridgehead atoms. The zero-order chi connectivity index (χ0) is 16.2. The normalized spacial score (nSPS) is 12.6. The minimum Gasteiger partial charge on any atom is -0.207 e. The molecular weight excluding hydrogens is 306 g/mol.